The maximum absolute atomic E-state index is 11.0. The molecule has 0 unspecified atom stereocenters. The molecule has 2 radical (unpaired) electrons. The van der Waals surface area contributed by atoms with E-state index in [4.69, 9.17) is 13.6 Å². The molecule has 3 nitrogen and oxygen atoms in total. The van der Waals surface area contributed by atoms with E-state index in [0.717, 1.165) is 0 Å². The summed E-state index contributed by atoms with van der Waals surface area (Å²) in [5, 5.41) is 0. The monoisotopic (exact) mass is 191 g/mol. The number of anilines is 1. The van der Waals surface area contributed by atoms with E-state index in [1.54, 1.807) is 6.07 Å². The molecule has 0 aromatic heterocycles. The Bertz CT molecular complexity index is 313. The molecule has 0 saturated heterocycles. The van der Waals surface area contributed by atoms with Crippen LogP contribution in [0.1, 0.15) is 24.2 Å². The van der Waals surface area contributed by atoms with Gasteiger partial charge in [-0.2, -0.15) is 0 Å². The Kier molecular flexibility index (Phi) is 5.45. The Morgan fingerprint density at radius 3 is 2.43 bits per heavy atom. The zero-order valence-electron chi connectivity index (χ0n) is 8.70. The minimum absolute atomic E-state index is 0.335. The Morgan fingerprint density at radius 2 is 2.00 bits per heavy atom. The predicted molar refractivity (Wildman–Crippen MR) is 58.9 cm³/mol. The molecule has 0 fully saturated rings. The van der Waals surface area contributed by atoms with Gasteiger partial charge in [-0.25, -0.2) is 4.79 Å². The number of carbonyl (C=O) groups excluding carboxylic acids is 1. The van der Waals surface area contributed by atoms with E-state index in [2.05, 4.69) is 4.74 Å². The molecule has 0 amide bonds. The molecule has 14 heavy (non-hydrogen) atoms. The molecule has 0 aliphatic carbocycles. The van der Waals surface area contributed by atoms with E-state index >= 15 is 0 Å². The van der Waals surface area contributed by atoms with Gasteiger partial charge in [-0.3, -0.25) is 0 Å². The summed E-state index contributed by atoms with van der Waals surface area (Å²) < 4.78 is 4.50. The van der Waals surface area contributed by atoms with Gasteiger partial charge in [-0.05, 0) is 12.1 Å². The largest absolute Gasteiger partial charge is 0.465 e. The van der Waals surface area contributed by atoms with E-state index in [-0.39, 0.29) is 0 Å². The van der Waals surface area contributed by atoms with Crippen molar-refractivity contribution < 1.29 is 9.53 Å². The van der Waals surface area contributed by atoms with Crippen molar-refractivity contribution in [2.24, 2.45) is 0 Å². The van der Waals surface area contributed by atoms with Crippen molar-refractivity contribution in [1.82, 2.24) is 0 Å². The molecule has 1 rings (SSSR count). The fraction of sp³-hybridized carbons (Fsp3) is 0.300. The second-order valence-corrected chi connectivity index (χ2v) is 2.34. The summed E-state index contributed by atoms with van der Waals surface area (Å²) in [6, 6.07) is 4.66. The van der Waals surface area contributed by atoms with Gasteiger partial charge in [0.25, 0.3) is 0 Å². The Morgan fingerprint density at radius 1 is 1.43 bits per heavy atom. The second-order valence-electron chi connectivity index (χ2n) is 2.34. The van der Waals surface area contributed by atoms with Gasteiger partial charge in [0.1, 0.15) is 7.85 Å². The fourth-order valence-electron chi connectivity index (χ4n) is 0.877. The first-order chi connectivity index (χ1) is 6.65. The molecule has 0 saturated carbocycles. The third-order valence-corrected chi connectivity index (χ3v) is 1.48. The van der Waals surface area contributed by atoms with Crippen molar-refractivity contribution >= 4 is 25.0 Å². The van der Waals surface area contributed by atoms with Crippen molar-refractivity contribution in [1.29, 1.82) is 0 Å². The van der Waals surface area contributed by atoms with Crippen LogP contribution in [0.4, 0.5) is 5.69 Å². The van der Waals surface area contributed by atoms with Crippen LogP contribution in [0.15, 0.2) is 18.2 Å². The molecule has 1 aromatic rings. The van der Waals surface area contributed by atoms with Crippen molar-refractivity contribution in [2.75, 3.05) is 12.8 Å². The number of benzene rings is 1. The number of esters is 1. The molecule has 0 atom stereocenters. The van der Waals surface area contributed by atoms with Crippen LogP contribution in [0.3, 0.4) is 0 Å². The van der Waals surface area contributed by atoms with Crippen molar-refractivity contribution in [2.45, 2.75) is 13.8 Å². The summed E-state index contributed by atoms with van der Waals surface area (Å²) >= 11 is 0. The van der Waals surface area contributed by atoms with Crippen LogP contribution in [0, 0.1) is 0 Å². The minimum Gasteiger partial charge on any atom is -0.465 e. The van der Waals surface area contributed by atoms with E-state index in [9.17, 15) is 4.79 Å². The van der Waals surface area contributed by atoms with E-state index < -0.39 is 5.97 Å². The number of nitrogens with two attached hydrogens (primary N) is 1. The molecule has 2 N–H and O–H groups in total. The van der Waals surface area contributed by atoms with Crippen molar-refractivity contribution in [3.8, 4) is 0 Å². The van der Waals surface area contributed by atoms with E-state index in [1.165, 1.54) is 19.2 Å². The Labute approximate surface area is 85.7 Å². The number of hydrogen-bond acceptors (Lipinski definition) is 3. The zero-order chi connectivity index (χ0) is 11.1. The average molecular weight is 191 g/mol. The Hall–Kier alpha value is -1.45. The summed E-state index contributed by atoms with van der Waals surface area (Å²) in [7, 11) is 6.74. The highest BCUT2D eigenvalue weighted by atomic mass is 16.5. The zero-order valence-corrected chi connectivity index (χ0v) is 8.70. The van der Waals surface area contributed by atoms with E-state index in [1.807, 2.05) is 13.8 Å². The molecule has 0 spiro atoms. The normalized spacial score (nSPS) is 8.50. The highest BCUT2D eigenvalue weighted by Gasteiger charge is 2.08. The predicted octanol–water partition coefficient (Wildman–Crippen LogP) is 0.875. The van der Waals surface area contributed by atoms with Crippen LogP contribution in [-0.2, 0) is 4.74 Å². The van der Waals surface area contributed by atoms with Gasteiger partial charge in [0.05, 0.1) is 12.7 Å². The standard InChI is InChI=1S/C8H8BNO2.C2H6/c1-12-8(11)6-3-2-5(9)4-7(6)10;1-2/h2-4H,10H2,1H3;1-2H3. The maximum atomic E-state index is 11.0. The van der Waals surface area contributed by atoms with Gasteiger partial charge < -0.3 is 10.5 Å². The number of carbonyl (C=O) groups is 1. The SMILES string of the molecule is CC.[B]c1ccc(C(=O)OC)c(N)c1. The van der Waals surface area contributed by atoms with Crippen LogP contribution in [0.25, 0.3) is 0 Å². The first-order valence-corrected chi connectivity index (χ1v) is 4.38. The van der Waals surface area contributed by atoms with Gasteiger partial charge >= 0.3 is 5.97 Å². The molecule has 0 bridgehead atoms. The summed E-state index contributed by atoms with van der Waals surface area (Å²) in [5.74, 6) is -0.451. The number of nitrogen functional groups attached to an aromatic ring is 1. The first-order valence-electron chi connectivity index (χ1n) is 4.38. The van der Waals surface area contributed by atoms with Gasteiger partial charge in [0, 0.05) is 5.69 Å². The topological polar surface area (TPSA) is 52.3 Å². The smallest absolute Gasteiger partial charge is 0.339 e. The average Bonchev–Trinajstić information content (AvgIpc) is 2.20. The number of rotatable bonds is 1. The molecular formula is C10H14BNO2. The van der Waals surface area contributed by atoms with Gasteiger partial charge in [0.2, 0.25) is 0 Å². The number of methoxy groups -OCH3 is 1. The summed E-state index contributed by atoms with van der Waals surface area (Å²) in [4.78, 5) is 11.0. The Balaban J connectivity index is 0.000000791. The lowest BCUT2D eigenvalue weighted by molar-refractivity contribution is 0.0602. The first kappa shape index (κ1) is 12.6. The molecule has 74 valence electrons. The van der Waals surface area contributed by atoms with Crippen LogP contribution in [0.5, 0.6) is 0 Å². The third kappa shape index (κ3) is 3.13. The molecule has 0 aliphatic heterocycles. The lowest BCUT2D eigenvalue weighted by Crippen LogP contribution is -2.10. The summed E-state index contributed by atoms with van der Waals surface area (Å²) in [6.07, 6.45) is 0. The number of hydrogen-bond donors (Lipinski definition) is 1. The van der Waals surface area contributed by atoms with Gasteiger partial charge in [-0.15, -0.1) is 0 Å². The number of ether oxygens (including phenoxy) is 1. The minimum atomic E-state index is -0.451. The van der Waals surface area contributed by atoms with Gasteiger partial charge in [0.15, 0.2) is 0 Å². The third-order valence-electron chi connectivity index (χ3n) is 1.48. The maximum Gasteiger partial charge on any atom is 0.339 e. The summed E-state index contributed by atoms with van der Waals surface area (Å²) in [6.45, 7) is 4.00. The van der Waals surface area contributed by atoms with Crippen LogP contribution in [-0.4, -0.2) is 20.9 Å². The fourth-order valence-corrected chi connectivity index (χ4v) is 0.877. The molecule has 4 heteroatoms. The molecule has 0 aliphatic rings. The van der Waals surface area contributed by atoms with E-state index in [0.29, 0.717) is 16.7 Å². The quantitative estimate of drug-likeness (QED) is 0.407. The lowest BCUT2D eigenvalue weighted by atomic mass is 9.94. The van der Waals surface area contributed by atoms with Crippen molar-refractivity contribution in [3.63, 3.8) is 0 Å². The lowest BCUT2D eigenvalue weighted by Gasteiger charge is -2.03. The van der Waals surface area contributed by atoms with Crippen molar-refractivity contribution in [3.05, 3.63) is 23.8 Å². The highest BCUT2D eigenvalue weighted by Crippen LogP contribution is 2.09. The van der Waals surface area contributed by atoms with Crippen LogP contribution in [0.2, 0.25) is 0 Å². The molecular weight excluding hydrogens is 177 g/mol. The summed E-state index contributed by atoms with van der Waals surface area (Å²) in [5.41, 5.74) is 6.72. The molecule has 1 aromatic carbocycles. The van der Waals surface area contributed by atoms with Gasteiger partial charge in [-0.1, -0.05) is 25.4 Å². The second kappa shape index (κ2) is 6.08. The van der Waals surface area contributed by atoms with Crippen LogP contribution >= 0.6 is 0 Å². The molecule has 0 heterocycles. The van der Waals surface area contributed by atoms with Crippen LogP contribution < -0.4 is 11.2 Å². The highest BCUT2D eigenvalue weighted by molar-refractivity contribution is 6.32.